The molecule has 0 aliphatic carbocycles. The Kier molecular flexibility index (Phi) is 88.0. The van der Waals surface area contributed by atoms with Crippen LogP contribution in [-0.2, 0) is 14.3 Å². The second kappa shape index (κ2) is 64.6. The Bertz CT molecular complexity index is 494. The third-order valence-corrected chi connectivity index (χ3v) is 6.82. The standard InChI is InChI=1S/C30H60O5.3C2H5O.4H3N/c1-3-5-7-9-11-13-15-17-19-21-23-28(31)25-35-29(26-34-27-30(32)33)24-22-20-18-16-14-12-10-8-6-4-2;3*1-2-3;;;;/h28-29,31H,3-27H2,1-2H3,(H,32,33);3*2H2,1H3;4*1H3/q;3*-1;;;;/p+3. The molecule has 0 radical (unpaired) electrons. The summed E-state index contributed by atoms with van der Waals surface area (Å²) in [7, 11) is 0. The van der Waals surface area contributed by atoms with E-state index in [4.69, 9.17) is 24.8 Å². The number of carboxylic acid groups (broad SMARTS) is 1. The maximum absolute atomic E-state index is 10.6. The van der Waals surface area contributed by atoms with Gasteiger partial charge in [-0.25, -0.2) is 0 Å². The van der Waals surface area contributed by atoms with Gasteiger partial charge in [-0.3, -0.25) is 0 Å². The monoisotopic (exact) mass is 707 g/mol. The summed E-state index contributed by atoms with van der Waals surface area (Å²) >= 11 is 0. The predicted octanol–water partition coefficient (Wildman–Crippen LogP) is 6.73. The first-order valence-electron chi connectivity index (χ1n) is 18.2. The Morgan fingerprint density at radius 1 is 0.521 bits per heavy atom. The van der Waals surface area contributed by atoms with E-state index in [1.807, 2.05) is 0 Å². The van der Waals surface area contributed by atoms with E-state index < -0.39 is 18.7 Å². The Labute approximate surface area is 297 Å². The zero-order valence-corrected chi connectivity index (χ0v) is 33.8. The summed E-state index contributed by atoms with van der Waals surface area (Å²) in [4.78, 5) is 10.6. The van der Waals surface area contributed by atoms with Gasteiger partial charge < -0.3 is 64.4 Å². The van der Waals surface area contributed by atoms with Gasteiger partial charge in [-0.2, -0.15) is 0 Å². The third-order valence-electron chi connectivity index (χ3n) is 6.82. The average Bonchev–Trinajstić information content (AvgIpc) is 2.98. The van der Waals surface area contributed by atoms with E-state index in [0.717, 1.165) is 32.1 Å². The molecule has 0 aromatic carbocycles. The highest BCUT2D eigenvalue weighted by molar-refractivity contribution is 5.65. The first-order valence-corrected chi connectivity index (χ1v) is 18.2. The lowest BCUT2D eigenvalue weighted by Crippen LogP contribution is -2.31. The van der Waals surface area contributed by atoms with E-state index in [1.165, 1.54) is 109 Å². The van der Waals surface area contributed by atoms with Gasteiger partial charge >= 0.3 is 0 Å². The van der Waals surface area contributed by atoms with Crippen LogP contribution in [0.1, 0.15) is 176 Å². The highest BCUT2D eigenvalue weighted by Gasteiger charge is 2.13. The molecule has 0 aliphatic rings. The van der Waals surface area contributed by atoms with Gasteiger partial charge in [0.15, 0.2) is 0 Å². The molecule has 17 N–H and O–H groups in total. The van der Waals surface area contributed by atoms with Gasteiger partial charge in [0.05, 0.1) is 38.0 Å². The van der Waals surface area contributed by atoms with E-state index in [-0.39, 0.29) is 57.1 Å². The molecule has 12 heteroatoms. The van der Waals surface area contributed by atoms with Crippen molar-refractivity contribution in [3.63, 3.8) is 0 Å². The van der Waals surface area contributed by atoms with Crippen molar-refractivity contribution in [2.24, 2.45) is 0 Å². The number of aliphatic hydroxyl groups is 1. The fourth-order valence-electron chi connectivity index (χ4n) is 4.55. The summed E-state index contributed by atoms with van der Waals surface area (Å²) in [6.07, 6.45) is 26.6. The molecule has 0 bridgehead atoms. The number of carbonyl (C=O) groups is 1. The van der Waals surface area contributed by atoms with Crippen molar-refractivity contribution in [2.45, 2.75) is 188 Å². The molecule has 0 saturated carbocycles. The number of carboxylic acids is 1. The number of hydrogen-bond acceptors (Lipinski definition) is 8. The fourth-order valence-corrected chi connectivity index (χ4v) is 4.55. The van der Waals surface area contributed by atoms with Crippen LogP contribution in [0.15, 0.2) is 0 Å². The number of carbonyl (C=O) groups excluding carboxylic acids is 1. The number of hydrogen-bond donors (Lipinski definition) is 5. The second-order valence-corrected chi connectivity index (χ2v) is 11.3. The Hall–Kier alpha value is -0.930. The van der Waals surface area contributed by atoms with Crippen molar-refractivity contribution in [1.82, 2.24) is 24.6 Å². The Morgan fingerprint density at radius 3 is 1.12 bits per heavy atom. The van der Waals surface area contributed by atoms with Gasteiger partial charge in [-0.1, -0.05) is 163 Å². The minimum atomic E-state index is -1.20. The molecule has 0 aliphatic heterocycles. The molecule has 0 saturated heterocycles. The van der Waals surface area contributed by atoms with Crippen LogP contribution in [0.3, 0.4) is 0 Å². The molecule has 12 nitrogen and oxygen atoms in total. The van der Waals surface area contributed by atoms with E-state index in [0.29, 0.717) is 6.61 Å². The Balaban J connectivity index is -0.000000183. The fraction of sp³-hybridized carbons (Fsp3) is 0.972. The molecule has 48 heavy (non-hydrogen) atoms. The van der Waals surface area contributed by atoms with E-state index in [9.17, 15) is 15.0 Å². The molecular formula is C36H90N4O8. The topological polar surface area (TPSA) is 294 Å². The molecule has 0 aromatic rings. The first kappa shape index (κ1) is 65.4. The number of quaternary nitrogens is 4. The maximum Gasteiger partial charge on any atom is 0.0862 e. The van der Waals surface area contributed by atoms with Crippen LogP contribution < -0.4 is 45.0 Å². The lowest BCUT2D eigenvalue weighted by Gasteiger charge is -2.20. The molecule has 302 valence electrons. The van der Waals surface area contributed by atoms with Gasteiger partial charge in [0.2, 0.25) is 0 Å². The van der Waals surface area contributed by atoms with Gasteiger partial charge in [0.25, 0.3) is 0 Å². The first-order chi connectivity index (χ1) is 21.3. The molecule has 0 aromatic heterocycles. The SMILES string of the molecule is CCCCCCCCCCCCC(O)COC(CCCCCCCCCCCC)COCC(=O)[O-].CC[O-].CC[O-].CC[O-].[NH4+].[NH4+].[NH4+].[NH4+]. The van der Waals surface area contributed by atoms with E-state index in [2.05, 4.69) is 13.8 Å². The van der Waals surface area contributed by atoms with Crippen LogP contribution in [0.5, 0.6) is 0 Å². The molecule has 0 amide bonds. The van der Waals surface area contributed by atoms with Crippen molar-refractivity contribution in [2.75, 3.05) is 39.6 Å². The number of ether oxygens (including phenoxy) is 2. The quantitative estimate of drug-likeness (QED) is 0.0518. The number of rotatable bonds is 29. The van der Waals surface area contributed by atoms with Gasteiger partial charge in [-0.05, 0) is 12.8 Å². The normalized spacial score (nSPS) is 10.8. The van der Waals surface area contributed by atoms with Crippen molar-refractivity contribution >= 4 is 5.97 Å². The summed E-state index contributed by atoms with van der Waals surface area (Å²) in [6, 6.07) is 0. The highest BCUT2D eigenvalue weighted by atomic mass is 16.5. The van der Waals surface area contributed by atoms with Crippen LogP contribution in [0, 0.1) is 0 Å². The van der Waals surface area contributed by atoms with Crippen LogP contribution >= 0.6 is 0 Å². The molecule has 0 heterocycles. The predicted molar refractivity (Wildman–Crippen MR) is 200 cm³/mol. The molecule has 0 fully saturated rings. The second-order valence-electron chi connectivity index (χ2n) is 11.3. The number of aliphatic hydroxyl groups excluding tert-OH is 1. The largest absolute Gasteiger partial charge is 0.855 e. The lowest BCUT2D eigenvalue weighted by molar-refractivity contribution is -0.362. The highest BCUT2D eigenvalue weighted by Crippen LogP contribution is 2.15. The summed E-state index contributed by atoms with van der Waals surface area (Å²) in [5.41, 5.74) is 0. The van der Waals surface area contributed by atoms with Crippen molar-refractivity contribution in [3.8, 4) is 0 Å². The minimum Gasteiger partial charge on any atom is -0.855 e. The van der Waals surface area contributed by atoms with Crippen LogP contribution in [0.4, 0.5) is 0 Å². The average molecular weight is 707 g/mol. The lowest BCUT2D eigenvalue weighted by atomic mass is 10.0. The smallest absolute Gasteiger partial charge is 0.0862 e. The van der Waals surface area contributed by atoms with Crippen molar-refractivity contribution < 1.29 is 39.8 Å². The summed E-state index contributed by atoms with van der Waals surface area (Å²) in [5.74, 6) is -1.20. The molecule has 0 rings (SSSR count). The Morgan fingerprint density at radius 2 is 0.812 bits per heavy atom. The molecular weight excluding hydrogens is 616 g/mol. The van der Waals surface area contributed by atoms with Crippen molar-refractivity contribution in [3.05, 3.63) is 0 Å². The van der Waals surface area contributed by atoms with Gasteiger partial charge in [0.1, 0.15) is 0 Å². The van der Waals surface area contributed by atoms with Crippen LogP contribution in [0.2, 0.25) is 0 Å². The number of aliphatic carboxylic acids is 1. The third kappa shape index (κ3) is 75.4. The van der Waals surface area contributed by atoms with Gasteiger partial charge in [0, 0.05) is 0 Å². The van der Waals surface area contributed by atoms with E-state index >= 15 is 0 Å². The van der Waals surface area contributed by atoms with Crippen LogP contribution in [-0.4, -0.2) is 62.9 Å². The van der Waals surface area contributed by atoms with Crippen molar-refractivity contribution in [1.29, 1.82) is 0 Å². The molecule has 0 spiro atoms. The van der Waals surface area contributed by atoms with Gasteiger partial charge in [-0.15, -0.1) is 19.8 Å². The number of unbranched alkanes of at least 4 members (excludes halogenated alkanes) is 18. The maximum atomic E-state index is 10.6. The van der Waals surface area contributed by atoms with E-state index in [1.54, 1.807) is 20.8 Å². The molecule has 2 unspecified atom stereocenters. The van der Waals surface area contributed by atoms with Crippen LogP contribution in [0.25, 0.3) is 0 Å². The zero-order valence-electron chi connectivity index (χ0n) is 33.8. The summed E-state index contributed by atoms with van der Waals surface area (Å²) in [6.45, 7) is 9.35. The molecule has 2 atom stereocenters. The zero-order chi connectivity index (χ0) is 33.9. The summed E-state index contributed by atoms with van der Waals surface area (Å²) in [5, 5.41) is 47.7. The minimum absolute atomic E-state index is 0. The summed E-state index contributed by atoms with van der Waals surface area (Å²) < 4.78 is 11.2.